The number of aryl methyl sites for hydroxylation is 1. The molecule has 0 bridgehead atoms. The maximum Gasteiger partial charge on any atom is 0.259 e. The zero-order valence-electron chi connectivity index (χ0n) is 7.06. The molecule has 0 aliphatic carbocycles. The molecule has 1 aliphatic rings. The highest BCUT2D eigenvalue weighted by atomic mass is 15.7. The van der Waals surface area contributed by atoms with Crippen LogP contribution in [-0.4, -0.2) is 33.3 Å². The van der Waals surface area contributed by atoms with Gasteiger partial charge in [-0.1, -0.05) is 5.10 Å². The van der Waals surface area contributed by atoms with Gasteiger partial charge < -0.3 is 0 Å². The lowest BCUT2D eigenvalue weighted by Crippen LogP contribution is -2.44. The smallest absolute Gasteiger partial charge is 0.259 e. The first-order valence-electron chi connectivity index (χ1n) is 4.11. The van der Waals surface area contributed by atoms with Crippen molar-refractivity contribution in [3.63, 3.8) is 0 Å². The summed E-state index contributed by atoms with van der Waals surface area (Å²) in [6.45, 7) is 1.99. The van der Waals surface area contributed by atoms with Crippen LogP contribution in [0.5, 0.6) is 0 Å². The van der Waals surface area contributed by atoms with Gasteiger partial charge in [0.05, 0.1) is 0 Å². The predicted octanol–water partition coefficient (Wildman–Crippen LogP) is -0.685. The van der Waals surface area contributed by atoms with Crippen molar-refractivity contribution in [3.05, 3.63) is 0 Å². The van der Waals surface area contributed by atoms with E-state index in [1.54, 1.807) is 4.68 Å². The van der Waals surface area contributed by atoms with Crippen LogP contribution >= 0.6 is 0 Å². The van der Waals surface area contributed by atoms with E-state index in [1.165, 1.54) is 12.8 Å². The quantitative estimate of drug-likeness (QED) is 0.601. The van der Waals surface area contributed by atoms with Gasteiger partial charge in [-0.3, -0.25) is 5.01 Å². The monoisotopic (exact) mass is 168 g/mol. The molecule has 1 aromatic rings. The van der Waals surface area contributed by atoms with Crippen LogP contribution in [0.25, 0.3) is 0 Å². The second-order valence-electron chi connectivity index (χ2n) is 2.87. The molecule has 2 rings (SSSR count). The van der Waals surface area contributed by atoms with Crippen LogP contribution in [-0.2, 0) is 7.05 Å². The standard InChI is InChI=1S/C6H12N6/c1-11-6(8-9-10-11)12-5-3-2-4-7-12/h7H,2-5H2,1H3. The first-order chi connectivity index (χ1) is 5.88. The second kappa shape index (κ2) is 3.06. The topological polar surface area (TPSA) is 58.9 Å². The van der Waals surface area contributed by atoms with Crippen LogP contribution in [0, 0.1) is 0 Å². The van der Waals surface area contributed by atoms with Gasteiger partial charge >= 0.3 is 0 Å². The minimum absolute atomic E-state index is 0.787. The number of anilines is 1. The fraction of sp³-hybridized carbons (Fsp3) is 0.833. The normalized spacial score (nSPS) is 18.2. The molecule has 0 radical (unpaired) electrons. The van der Waals surface area contributed by atoms with E-state index >= 15 is 0 Å². The fourth-order valence-corrected chi connectivity index (χ4v) is 1.31. The molecule has 0 unspecified atom stereocenters. The third-order valence-corrected chi connectivity index (χ3v) is 1.95. The van der Waals surface area contributed by atoms with E-state index in [0.29, 0.717) is 0 Å². The van der Waals surface area contributed by atoms with Crippen molar-refractivity contribution in [2.24, 2.45) is 7.05 Å². The van der Waals surface area contributed by atoms with E-state index in [9.17, 15) is 0 Å². The van der Waals surface area contributed by atoms with E-state index in [0.717, 1.165) is 19.0 Å². The van der Waals surface area contributed by atoms with Gasteiger partial charge in [0, 0.05) is 20.1 Å². The van der Waals surface area contributed by atoms with E-state index in [1.807, 2.05) is 12.1 Å². The Bertz CT molecular complexity index is 250. The number of aromatic nitrogens is 4. The number of hydrogen-bond donors (Lipinski definition) is 1. The molecule has 1 aromatic heterocycles. The molecular formula is C6H12N6. The van der Waals surface area contributed by atoms with Gasteiger partial charge in [0.1, 0.15) is 0 Å². The minimum Gasteiger partial charge on any atom is -0.275 e. The summed E-state index contributed by atoms with van der Waals surface area (Å²) in [5, 5.41) is 13.2. The summed E-state index contributed by atoms with van der Waals surface area (Å²) < 4.78 is 1.66. The van der Waals surface area contributed by atoms with E-state index < -0.39 is 0 Å². The number of nitrogens with one attached hydrogen (secondary N) is 1. The first-order valence-corrected chi connectivity index (χ1v) is 4.11. The van der Waals surface area contributed by atoms with Gasteiger partial charge in [-0.15, -0.1) is 0 Å². The van der Waals surface area contributed by atoms with E-state index in [4.69, 9.17) is 0 Å². The number of rotatable bonds is 1. The summed E-state index contributed by atoms with van der Waals surface area (Å²) in [6, 6.07) is 0. The Hall–Kier alpha value is -1.17. The molecule has 1 saturated heterocycles. The number of nitrogens with zero attached hydrogens (tertiary/aromatic N) is 5. The van der Waals surface area contributed by atoms with Crippen molar-refractivity contribution in [1.82, 2.24) is 25.6 Å². The number of hydrazine groups is 1. The van der Waals surface area contributed by atoms with Crippen molar-refractivity contribution in [1.29, 1.82) is 0 Å². The summed E-state index contributed by atoms with van der Waals surface area (Å²) in [7, 11) is 1.84. The maximum atomic E-state index is 3.90. The molecule has 0 amide bonds. The zero-order chi connectivity index (χ0) is 8.39. The van der Waals surface area contributed by atoms with Crippen molar-refractivity contribution in [3.8, 4) is 0 Å². The Kier molecular flexibility index (Phi) is 1.91. The molecule has 0 spiro atoms. The highest BCUT2D eigenvalue weighted by molar-refractivity contribution is 5.25. The van der Waals surface area contributed by atoms with Crippen LogP contribution in [0.15, 0.2) is 0 Å². The molecule has 1 fully saturated rings. The summed E-state index contributed by atoms with van der Waals surface area (Å²) >= 11 is 0. The Morgan fingerprint density at radius 2 is 2.33 bits per heavy atom. The largest absolute Gasteiger partial charge is 0.275 e. The molecule has 6 heteroatoms. The molecule has 12 heavy (non-hydrogen) atoms. The zero-order valence-corrected chi connectivity index (χ0v) is 7.06. The lowest BCUT2D eigenvalue weighted by atomic mass is 10.3. The van der Waals surface area contributed by atoms with Crippen LogP contribution in [0.4, 0.5) is 5.95 Å². The van der Waals surface area contributed by atoms with E-state index in [2.05, 4.69) is 21.0 Å². The summed E-state index contributed by atoms with van der Waals surface area (Å²) in [5.74, 6) is 0.787. The summed E-state index contributed by atoms with van der Waals surface area (Å²) in [6.07, 6.45) is 2.42. The summed E-state index contributed by atoms with van der Waals surface area (Å²) in [5.41, 5.74) is 3.23. The molecular weight excluding hydrogens is 156 g/mol. The minimum atomic E-state index is 0.787. The molecule has 2 heterocycles. The SMILES string of the molecule is Cn1nnnc1N1CCCCN1. The van der Waals surface area contributed by atoms with Crippen molar-refractivity contribution in [2.45, 2.75) is 12.8 Å². The van der Waals surface area contributed by atoms with E-state index in [-0.39, 0.29) is 0 Å². The number of hydrogen-bond acceptors (Lipinski definition) is 5. The van der Waals surface area contributed by atoms with Gasteiger partial charge in [-0.25, -0.2) is 10.1 Å². The van der Waals surface area contributed by atoms with Crippen molar-refractivity contribution >= 4 is 5.95 Å². The van der Waals surface area contributed by atoms with Crippen LogP contribution in [0.2, 0.25) is 0 Å². The molecule has 1 N–H and O–H groups in total. The molecule has 0 atom stereocenters. The maximum absolute atomic E-state index is 3.90. The predicted molar refractivity (Wildman–Crippen MR) is 43.4 cm³/mol. The lowest BCUT2D eigenvalue weighted by molar-refractivity contribution is 0.493. The third kappa shape index (κ3) is 1.25. The highest BCUT2D eigenvalue weighted by Gasteiger charge is 2.14. The number of tetrazole rings is 1. The van der Waals surface area contributed by atoms with Gasteiger partial charge in [-0.2, -0.15) is 0 Å². The molecule has 0 saturated carbocycles. The molecule has 1 aliphatic heterocycles. The van der Waals surface area contributed by atoms with Crippen LogP contribution in [0.3, 0.4) is 0 Å². The van der Waals surface area contributed by atoms with Crippen LogP contribution in [0.1, 0.15) is 12.8 Å². The second-order valence-corrected chi connectivity index (χ2v) is 2.87. The molecule has 66 valence electrons. The Morgan fingerprint density at radius 3 is 2.92 bits per heavy atom. The average molecular weight is 168 g/mol. The van der Waals surface area contributed by atoms with Gasteiger partial charge in [0.25, 0.3) is 5.95 Å². The van der Waals surface area contributed by atoms with Gasteiger partial charge in [0.2, 0.25) is 0 Å². The third-order valence-electron chi connectivity index (χ3n) is 1.95. The highest BCUT2D eigenvalue weighted by Crippen LogP contribution is 2.08. The van der Waals surface area contributed by atoms with Gasteiger partial charge in [-0.05, 0) is 23.3 Å². The van der Waals surface area contributed by atoms with Crippen LogP contribution < -0.4 is 10.4 Å². The Morgan fingerprint density at radius 1 is 1.42 bits per heavy atom. The van der Waals surface area contributed by atoms with Gasteiger partial charge in [0.15, 0.2) is 0 Å². The molecule has 6 nitrogen and oxygen atoms in total. The first kappa shape index (κ1) is 7.48. The lowest BCUT2D eigenvalue weighted by Gasteiger charge is -2.26. The Labute approximate surface area is 70.5 Å². The average Bonchev–Trinajstić information content (AvgIpc) is 2.53. The van der Waals surface area contributed by atoms with Crippen molar-refractivity contribution < 1.29 is 0 Å². The Balaban J connectivity index is 2.13. The molecule has 0 aromatic carbocycles. The van der Waals surface area contributed by atoms with Crippen molar-refractivity contribution in [2.75, 3.05) is 18.1 Å². The fourth-order valence-electron chi connectivity index (χ4n) is 1.31. The summed E-state index contributed by atoms with van der Waals surface area (Å²) in [4.78, 5) is 0.